The van der Waals surface area contributed by atoms with Crippen molar-refractivity contribution in [1.29, 1.82) is 0 Å². The third-order valence-electron chi connectivity index (χ3n) is 2.00. The second-order valence-electron chi connectivity index (χ2n) is 3.38. The first-order valence-corrected chi connectivity index (χ1v) is 5.05. The summed E-state index contributed by atoms with van der Waals surface area (Å²) in [5, 5.41) is 9.08. The lowest BCUT2D eigenvalue weighted by Crippen LogP contribution is -2.02. The Balaban J connectivity index is 2.74. The van der Waals surface area contributed by atoms with Crippen LogP contribution in [0.5, 0.6) is 0 Å². The molecule has 0 fully saturated rings. The normalized spacial score (nSPS) is 11.5. The van der Waals surface area contributed by atoms with Gasteiger partial charge < -0.3 is 0 Å². The Morgan fingerprint density at radius 2 is 1.86 bits per heavy atom. The van der Waals surface area contributed by atoms with E-state index in [0.717, 1.165) is 11.0 Å². The van der Waals surface area contributed by atoms with Crippen molar-refractivity contribution in [3.63, 3.8) is 0 Å². The van der Waals surface area contributed by atoms with Crippen LogP contribution in [0, 0.1) is 0 Å². The number of benzene rings is 1. The fraction of sp³-hybridized carbons (Fsp3) is 0.333. The molecule has 1 aromatic carbocycles. The molecule has 0 unspecified atom stereocenters. The summed E-state index contributed by atoms with van der Waals surface area (Å²) in [5.74, 6) is 0. The molecule has 0 amide bonds. The average Bonchev–Trinajstić information content (AvgIpc) is 2.48. The minimum atomic E-state index is 0.261. The number of aromatic nitrogens is 3. The van der Waals surface area contributed by atoms with Crippen molar-refractivity contribution in [2.45, 2.75) is 19.9 Å². The Morgan fingerprint density at radius 3 is 2.50 bits per heavy atom. The van der Waals surface area contributed by atoms with E-state index in [1.54, 1.807) is 12.1 Å². The molecule has 0 bridgehead atoms. The Hall–Kier alpha value is -0.800. The van der Waals surface area contributed by atoms with Gasteiger partial charge in [0.1, 0.15) is 5.52 Å². The number of nitrogens with zero attached hydrogens (tertiary/aromatic N) is 3. The smallest absolute Gasteiger partial charge is 0.114 e. The molecule has 0 saturated carbocycles. The van der Waals surface area contributed by atoms with Gasteiger partial charge in [0.25, 0.3) is 0 Å². The molecule has 0 radical (unpaired) electrons. The van der Waals surface area contributed by atoms with Crippen molar-refractivity contribution in [3.05, 3.63) is 22.2 Å². The van der Waals surface area contributed by atoms with Gasteiger partial charge in [-0.25, -0.2) is 4.68 Å². The van der Waals surface area contributed by atoms with Crippen LogP contribution in [0.3, 0.4) is 0 Å². The molecule has 2 aromatic rings. The summed E-state index contributed by atoms with van der Waals surface area (Å²) in [7, 11) is 0. The molecule has 1 heterocycles. The number of hydrogen-bond donors (Lipinski definition) is 0. The first-order chi connectivity index (χ1) is 6.59. The van der Waals surface area contributed by atoms with Crippen LogP contribution in [0.4, 0.5) is 0 Å². The van der Waals surface area contributed by atoms with Gasteiger partial charge in [-0.15, -0.1) is 5.10 Å². The van der Waals surface area contributed by atoms with Crippen molar-refractivity contribution in [2.75, 3.05) is 0 Å². The van der Waals surface area contributed by atoms with Crippen LogP contribution in [-0.2, 0) is 0 Å². The minimum absolute atomic E-state index is 0.261. The van der Waals surface area contributed by atoms with Crippen molar-refractivity contribution in [3.8, 4) is 0 Å². The van der Waals surface area contributed by atoms with E-state index < -0.39 is 0 Å². The second kappa shape index (κ2) is 3.41. The standard InChI is InChI=1S/C9H9Cl2N3/c1-5(2)14-9-4-7(11)6(10)3-8(9)12-13-14/h3-5H,1-2H3. The highest BCUT2D eigenvalue weighted by molar-refractivity contribution is 6.42. The van der Waals surface area contributed by atoms with Gasteiger partial charge in [-0.1, -0.05) is 28.4 Å². The van der Waals surface area contributed by atoms with E-state index in [4.69, 9.17) is 23.2 Å². The third-order valence-corrected chi connectivity index (χ3v) is 2.72. The maximum absolute atomic E-state index is 5.92. The highest BCUT2D eigenvalue weighted by Crippen LogP contribution is 2.27. The first kappa shape index (κ1) is 9.74. The summed E-state index contributed by atoms with van der Waals surface area (Å²) in [5.41, 5.74) is 1.68. The van der Waals surface area contributed by atoms with Crippen molar-refractivity contribution >= 4 is 34.2 Å². The summed E-state index contributed by atoms with van der Waals surface area (Å²) >= 11 is 11.8. The molecule has 2 rings (SSSR count). The zero-order chi connectivity index (χ0) is 10.3. The van der Waals surface area contributed by atoms with Gasteiger partial charge >= 0.3 is 0 Å². The fourth-order valence-corrected chi connectivity index (χ4v) is 1.63. The predicted molar refractivity (Wildman–Crippen MR) is 57.9 cm³/mol. The molecule has 0 aliphatic heterocycles. The Morgan fingerprint density at radius 1 is 1.21 bits per heavy atom. The number of fused-ring (bicyclic) bond motifs is 1. The van der Waals surface area contributed by atoms with E-state index in [1.807, 2.05) is 18.5 Å². The van der Waals surface area contributed by atoms with E-state index in [2.05, 4.69) is 10.3 Å². The lowest BCUT2D eigenvalue weighted by atomic mass is 10.3. The fourth-order valence-electron chi connectivity index (χ4n) is 1.32. The summed E-state index contributed by atoms with van der Waals surface area (Å²) in [6.07, 6.45) is 0. The molecule has 0 aliphatic rings. The monoisotopic (exact) mass is 229 g/mol. The highest BCUT2D eigenvalue weighted by atomic mass is 35.5. The molecule has 0 saturated heterocycles. The molecule has 0 spiro atoms. The Labute approximate surface area is 91.6 Å². The van der Waals surface area contributed by atoms with E-state index in [9.17, 15) is 0 Å². The first-order valence-electron chi connectivity index (χ1n) is 4.29. The van der Waals surface area contributed by atoms with Crippen molar-refractivity contribution < 1.29 is 0 Å². The van der Waals surface area contributed by atoms with Gasteiger partial charge in [0.2, 0.25) is 0 Å². The summed E-state index contributed by atoms with van der Waals surface area (Å²) < 4.78 is 1.82. The van der Waals surface area contributed by atoms with Gasteiger partial charge in [0.15, 0.2) is 0 Å². The summed E-state index contributed by atoms with van der Waals surface area (Å²) in [6.45, 7) is 4.08. The highest BCUT2D eigenvalue weighted by Gasteiger charge is 2.09. The lowest BCUT2D eigenvalue weighted by Gasteiger charge is -2.05. The van der Waals surface area contributed by atoms with Gasteiger partial charge in [-0.3, -0.25) is 0 Å². The molecule has 5 heteroatoms. The van der Waals surface area contributed by atoms with Gasteiger partial charge in [0, 0.05) is 6.04 Å². The van der Waals surface area contributed by atoms with Crippen molar-refractivity contribution in [2.24, 2.45) is 0 Å². The second-order valence-corrected chi connectivity index (χ2v) is 4.20. The summed E-state index contributed by atoms with van der Waals surface area (Å²) in [4.78, 5) is 0. The van der Waals surface area contributed by atoms with Crippen molar-refractivity contribution in [1.82, 2.24) is 15.0 Å². The molecule has 0 N–H and O–H groups in total. The van der Waals surface area contributed by atoms with E-state index in [-0.39, 0.29) is 6.04 Å². The molecule has 14 heavy (non-hydrogen) atoms. The maximum atomic E-state index is 5.92. The lowest BCUT2D eigenvalue weighted by molar-refractivity contribution is 0.530. The minimum Gasteiger partial charge on any atom is -0.242 e. The van der Waals surface area contributed by atoms with Gasteiger partial charge in [-0.05, 0) is 26.0 Å². The molecular formula is C9H9Cl2N3. The zero-order valence-corrected chi connectivity index (χ0v) is 9.34. The molecular weight excluding hydrogens is 221 g/mol. The third kappa shape index (κ3) is 1.47. The Kier molecular flexibility index (Phi) is 2.37. The molecule has 0 atom stereocenters. The average molecular weight is 230 g/mol. The van der Waals surface area contributed by atoms with Crippen LogP contribution in [-0.4, -0.2) is 15.0 Å². The quantitative estimate of drug-likeness (QED) is 0.752. The predicted octanol–water partition coefficient (Wildman–Crippen LogP) is 3.32. The van der Waals surface area contributed by atoms with Crippen LogP contribution in [0.15, 0.2) is 12.1 Å². The van der Waals surface area contributed by atoms with Gasteiger partial charge in [0.05, 0.1) is 15.6 Å². The van der Waals surface area contributed by atoms with E-state index in [1.165, 1.54) is 0 Å². The number of hydrogen-bond acceptors (Lipinski definition) is 2. The Bertz CT molecular complexity index is 476. The molecule has 74 valence electrons. The zero-order valence-electron chi connectivity index (χ0n) is 7.83. The SMILES string of the molecule is CC(C)n1nnc2cc(Cl)c(Cl)cc21. The van der Waals surface area contributed by atoms with Crippen LogP contribution < -0.4 is 0 Å². The maximum Gasteiger partial charge on any atom is 0.114 e. The van der Waals surface area contributed by atoms with E-state index >= 15 is 0 Å². The van der Waals surface area contributed by atoms with E-state index in [0.29, 0.717) is 10.0 Å². The van der Waals surface area contributed by atoms with Crippen LogP contribution >= 0.6 is 23.2 Å². The largest absolute Gasteiger partial charge is 0.242 e. The summed E-state index contributed by atoms with van der Waals surface area (Å²) in [6, 6.07) is 3.78. The topological polar surface area (TPSA) is 30.7 Å². The number of halogens is 2. The van der Waals surface area contributed by atoms with Gasteiger partial charge in [-0.2, -0.15) is 0 Å². The number of rotatable bonds is 1. The van der Waals surface area contributed by atoms with Crippen LogP contribution in [0.25, 0.3) is 11.0 Å². The molecule has 1 aromatic heterocycles. The molecule has 0 aliphatic carbocycles. The van der Waals surface area contributed by atoms with Crippen LogP contribution in [0.2, 0.25) is 10.0 Å². The molecule has 3 nitrogen and oxygen atoms in total. The van der Waals surface area contributed by atoms with Crippen LogP contribution in [0.1, 0.15) is 19.9 Å².